The standard InChI is InChI=1S/C17H19BN2OS/c1-9-7-10(2)20(6)15(9)16(21-18)14(8-19)17-12(4)11(3)13(5)22-17/h7H,1-6H3. The van der Waals surface area contributed by atoms with Crippen molar-refractivity contribution in [3.05, 3.63) is 43.9 Å². The Labute approximate surface area is 137 Å². The van der Waals surface area contributed by atoms with Gasteiger partial charge in [-0.25, -0.2) is 0 Å². The molecule has 0 atom stereocenters. The number of nitrogens with zero attached hydrogens (tertiary/aromatic N) is 2. The first-order valence-corrected chi connectivity index (χ1v) is 7.86. The highest BCUT2D eigenvalue weighted by Gasteiger charge is 2.21. The summed E-state index contributed by atoms with van der Waals surface area (Å²) in [6, 6.07) is 4.34. The highest BCUT2D eigenvalue weighted by atomic mass is 32.1. The van der Waals surface area contributed by atoms with Gasteiger partial charge in [0.2, 0.25) is 0 Å². The molecular formula is C17H19BN2OS. The molecule has 2 radical (unpaired) electrons. The number of thiophene rings is 1. The summed E-state index contributed by atoms with van der Waals surface area (Å²) in [4.78, 5) is 2.13. The predicted molar refractivity (Wildman–Crippen MR) is 92.7 cm³/mol. The molecule has 2 rings (SSSR count). The second-order valence-corrected chi connectivity index (χ2v) is 6.77. The zero-order valence-corrected chi connectivity index (χ0v) is 14.7. The zero-order chi connectivity index (χ0) is 16.6. The molecule has 0 saturated carbocycles. The average molecular weight is 310 g/mol. The number of allylic oxidation sites excluding steroid dienone is 1. The first kappa shape index (κ1) is 16.4. The normalized spacial score (nSPS) is 12.0. The number of aromatic nitrogens is 1. The molecule has 0 aliphatic heterocycles. The van der Waals surface area contributed by atoms with Crippen LogP contribution in [0.2, 0.25) is 0 Å². The van der Waals surface area contributed by atoms with Crippen molar-refractivity contribution in [3.63, 3.8) is 0 Å². The first-order chi connectivity index (χ1) is 10.3. The number of hydrogen-bond donors (Lipinski definition) is 0. The van der Waals surface area contributed by atoms with E-state index >= 15 is 0 Å². The van der Waals surface area contributed by atoms with Gasteiger partial charge in [-0.05, 0) is 57.4 Å². The molecule has 2 aromatic heterocycles. The third-order valence-corrected chi connectivity index (χ3v) is 5.58. The van der Waals surface area contributed by atoms with E-state index in [9.17, 15) is 5.26 Å². The van der Waals surface area contributed by atoms with Gasteiger partial charge < -0.3 is 9.22 Å². The molecule has 0 bridgehead atoms. The van der Waals surface area contributed by atoms with Gasteiger partial charge in [0.05, 0.1) is 10.6 Å². The molecule has 0 fully saturated rings. The summed E-state index contributed by atoms with van der Waals surface area (Å²) in [5, 5.41) is 9.71. The van der Waals surface area contributed by atoms with E-state index < -0.39 is 0 Å². The fourth-order valence-electron chi connectivity index (χ4n) is 2.67. The fourth-order valence-corrected chi connectivity index (χ4v) is 3.83. The van der Waals surface area contributed by atoms with Crippen LogP contribution in [0, 0.1) is 45.9 Å². The lowest BCUT2D eigenvalue weighted by Crippen LogP contribution is -2.03. The van der Waals surface area contributed by atoms with E-state index in [0.29, 0.717) is 11.3 Å². The second kappa shape index (κ2) is 6.06. The van der Waals surface area contributed by atoms with Crippen molar-refractivity contribution in [2.45, 2.75) is 34.6 Å². The van der Waals surface area contributed by atoms with Gasteiger partial charge in [-0.2, -0.15) is 5.26 Å². The van der Waals surface area contributed by atoms with Gasteiger partial charge in [-0.3, -0.25) is 0 Å². The summed E-state index contributed by atoms with van der Waals surface area (Å²) in [6.07, 6.45) is 0. The van der Waals surface area contributed by atoms with Gasteiger partial charge in [-0.15, -0.1) is 11.3 Å². The van der Waals surface area contributed by atoms with Crippen LogP contribution in [-0.2, 0) is 11.7 Å². The summed E-state index contributed by atoms with van der Waals surface area (Å²) in [6.45, 7) is 10.2. The van der Waals surface area contributed by atoms with Crippen LogP contribution in [-0.4, -0.2) is 12.6 Å². The molecule has 0 N–H and O–H groups in total. The minimum absolute atomic E-state index is 0.431. The van der Waals surface area contributed by atoms with Gasteiger partial charge in [-0.1, -0.05) is 0 Å². The third-order valence-electron chi connectivity index (χ3n) is 4.25. The molecule has 0 amide bonds. The summed E-state index contributed by atoms with van der Waals surface area (Å²) in [5.74, 6) is 0.431. The van der Waals surface area contributed by atoms with Crippen LogP contribution in [0.1, 0.15) is 37.8 Å². The second-order valence-electron chi connectivity index (χ2n) is 5.55. The Morgan fingerprint density at radius 3 is 2.23 bits per heavy atom. The lowest BCUT2D eigenvalue weighted by atomic mass is 10.0. The highest BCUT2D eigenvalue weighted by molar-refractivity contribution is 7.13. The molecule has 2 heterocycles. The van der Waals surface area contributed by atoms with E-state index in [-0.39, 0.29) is 0 Å². The highest BCUT2D eigenvalue weighted by Crippen LogP contribution is 2.37. The first-order valence-electron chi connectivity index (χ1n) is 7.04. The molecule has 5 heteroatoms. The summed E-state index contributed by atoms with van der Waals surface area (Å²) < 4.78 is 7.16. The van der Waals surface area contributed by atoms with E-state index in [0.717, 1.165) is 27.4 Å². The van der Waals surface area contributed by atoms with Crippen molar-refractivity contribution in [2.75, 3.05) is 0 Å². The van der Waals surface area contributed by atoms with Crippen molar-refractivity contribution >= 4 is 30.7 Å². The van der Waals surface area contributed by atoms with E-state index in [1.165, 1.54) is 10.4 Å². The van der Waals surface area contributed by atoms with Gasteiger partial charge in [0.25, 0.3) is 0 Å². The zero-order valence-electron chi connectivity index (χ0n) is 13.9. The molecule has 0 aliphatic carbocycles. The quantitative estimate of drug-likeness (QED) is 0.486. The molecule has 0 aliphatic rings. The maximum atomic E-state index is 9.71. The largest absolute Gasteiger partial charge is 0.566 e. The Bertz CT molecular complexity index is 806. The van der Waals surface area contributed by atoms with E-state index in [1.54, 1.807) is 11.3 Å². The molecule has 112 valence electrons. The minimum atomic E-state index is 0.431. The molecule has 0 unspecified atom stereocenters. The smallest absolute Gasteiger partial charge is 0.374 e. The Kier molecular flexibility index (Phi) is 4.53. The van der Waals surface area contributed by atoms with Crippen molar-refractivity contribution < 1.29 is 4.65 Å². The molecule has 2 aromatic rings. The lowest BCUT2D eigenvalue weighted by Gasteiger charge is -2.13. The summed E-state index contributed by atoms with van der Waals surface area (Å²) in [5.41, 5.74) is 5.79. The van der Waals surface area contributed by atoms with Crippen LogP contribution in [0.4, 0.5) is 0 Å². The van der Waals surface area contributed by atoms with Gasteiger partial charge >= 0.3 is 8.05 Å². The molecule has 3 nitrogen and oxygen atoms in total. The van der Waals surface area contributed by atoms with Crippen LogP contribution in [0.3, 0.4) is 0 Å². The SMILES string of the molecule is [B]OC(=C(C#N)c1sc(C)c(C)c1C)c1c(C)cc(C)n1C. The number of rotatable bonds is 3. The molecule has 0 aromatic carbocycles. The maximum Gasteiger partial charge on any atom is 0.374 e. The minimum Gasteiger partial charge on any atom is -0.566 e. The molecular weight excluding hydrogens is 291 g/mol. The van der Waals surface area contributed by atoms with Crippen LogP contribution >= 0.6 is 11.3 Å². The molecule has 0 spiro atoms. The molecule has 22 heavy (non-hydrogen) atoms. The fraction of sp³-hybridized carbons (Fsp3) is 0.353. The number of nitriles is 1. The molecule has 0 saturated heterocycles. The van der Waals surface area contributed by atoms with Crippen molar-refractivity contribution in [2.24, 2.45) is 7.05 Å². The predicted octanol–water partition coefficient (Wildman–Crippen LogP) is 4.12. The van der Waals surface area contributed by atoms with Crippen molar-refractivity contribution in [1.82, 2.24) is 4.57 Å². The number of aryl methyl sites for hydroxylation is 3. The van der Waals surface area contributed by atoms with Crippen LogP contribution in [0.5, 0.6) is 0 Å². The lowest BCUT2D eigenvalue weighted by molar-refractivity contribution is 0.564. The van der Waals surface area contributed by atoms with Gasteiger partial charge in [0.15, 0.2) is 0 Å². The van der Waals surface area contributed by atoms with Crippen LogP contribution < -0.4 is 0 Å². The van der Waals surface area contributed by atoms with E-state index in [4.69, 9.17) is 12.7 Å². The van der Waals surface area contributed by atoms with Crippen LogP contribution in [0.15, 0.2) is 6.07 Å². The van der Waals surface area contributed by atoms with Gasteiger partial charge in [0, 0.05) is 17.6 Å². The topological polar surface area (TPSA) is 37.9 Å². The Balaban J connectivity index is 2.80. The van der Waals surface area contributed by atoms with E-state index in [1.807, 2.05) is 32.4 Å². The van der Waals surface area contributed by atoms with Crippen LogP contribution in [0.25, 0.3) is 11.3 Å². The monoisotopic (exact) mass is 310 g/mol. The Hall–Kier alpha value is -1.93. The van der Waals surface area contributed by atoms with Gasteiger partial charge in [0.1, 0.15) is 17.4 Å². The maximum absolute atomic E-state index is 9.71. The average Bonchev–Trinajstić information content (AvgIpc) is 2.88. The van der Waals surface area contributed by atoms with E-state index in [2.05, 4.69) is 26.0 Å². The Morgan fingerprint density at radius 1 is 1.23 bits per heavy atom. The number of hydrogen-bond acceptors (Lipinski definition) is 3. The summed E-state index contributed by atoms with van der Waals surface area (Å²) >= 11 is 1.61. The van der Waals surface area contributed by atoms with Crippen molar-refractivity contribution in [3.8, 4) is 6.07 Å². The third kappa shape index (κ3) is 2.48. The summed E-state index contributed by atoms with van der Waals surface area (Å²) in [7, 11) is 7.49. The Morgan fingerprint density at radius 2 is 1.86 bits per heavy atom. The van der Waals surface area contributed by atoms with Crippen molar-refractivity contribution in [1.29, 1.82) is 5.26 Å².